The smallest absolute Gasteiger partial charge is 0.317 e. The highest BCUT2D eigenvalue weighted by Gasteiger charge is 2.22. The van der Waals surface area contributed by atoms with Gasteiger partial charge in [0.25, 0.3) is 0 Å². The first-order valence-corrected chi connectivity index (χ1v) is 6.65. The molecule has 0 aliphatic carbocycles. The number of carboxylic acids is 1. The molecule has 1 fully saturated rings. The number of hydrogen-bond acceptors (Lipinski definition) is 4. The topological polar surface area (TPSA) is 93.2 Å². The lowest BCUT2D eigenvalue weighted by Gasteiger charge is -2.33. The molecule has 114 valence electrons. The summed E-state index contributed by atoms with van der Waals surface area (Å²) in [7, 11) is 1.68. The van der Waals surface area contributed by atoms with Crippen molar-refractivity contribution in [3.05, 3.63) is 0 Å². The second-order valence-electron chi connectivity index (χ2n) is 4.72. The van der Waals surface area contributed by atoms with Crippen molar-refractivity contribution in [3.8, 4) is 0 Å². The Bertz CT molecular complexity index is 366. The minimum absolute atomic E-state index is 0.00472. The van der Waals surface area contributed by atoms with Gasteiger partial charge in [0.1, 0.15) is 0 Å². The van der Waals surface area contributed by atoms with Crippen LogP contribution in [0.25, 0.3) is 0 Å². The average molecular weight is 286 g/mol. The molecule has 0 saturated carbocycles. The first kappa shape index (κ1) is 16.2. The molecule has 8 heteroatoms. The summed E-state index contributed by atoms with van der Waals surface area (Å²) < 4.78 is 0. The summed E-state index contributed by atoms with van der Waals surface area (Å²) in [6, 6.07) is -0.280. The number of aliphatic carboxylic acids is 1. The number of carboxylic acid groups (broad SMARTS) is 1. The summed E-state index contributed by atoms with van der Waals surface area (Å²) >= 11 is 0. The van der Waals surface area contributed by atoms with Gasteiger partial charge in [0.05, 0.1) is 13.1 Å². The standard InChI is InChI=1S/C12H22N4O4/c1-3-14(2)10(17)8-13-12(20)16-6-4-15(5-7-16)9-11(18)19/h3-9H2,1-2H3,(H,13,20)(H,18,19). The van der Waals surface area contributed by atoms with Crippen molar-refractivity contribution in [2.24, 2.45) is 0 Å². The predicted octanol–water partition coefficient (Wildman–Crippen LogP) is -1.12. The highest BCUT2D eigenvalue weighted by Crippen LogP contribution is 2.01. The fourth-order valence-electron chi connectivity index (χ4n) is 1.87. The second-order valence-corrected chi connectivity index (χ2v) is 4.72. The Kier molecular flexibility index (Phi) is 6.23. The number of rotatable bonds is 5. The summed E-state index contributed by atoms with van der Waals surface area (Å²) in [5, 5.41) is 11.3. The SMILES string of the molecule is CCN(C)C(=O)CNC(=O)N1CCN(CC(=O)O)CC1. The van der Waals surface area contributed by atoms with Gasteiger partial charge in [-0.1, -0.05) is 0 Å². The fourth-order valence-corrected chi connectivity index (χ4v) is 1.87. The second kappa shape index (κ2) is 7.68. The summed E-state index contributed by atoms with van der Waals surface area (Å²) in [5.74, 6) is -0.999. The molecule has 1 rings (SSSR count). The van der Waals surface area contributed by atoms with E-state index < -0.39 is 5.97 Å². The number of carbonyl (C=O) groups is 3. The van der Waals surface area contributed by atoms with E-state index in [9.17, 15) is 14.4 Å². The maximum Gasteiger partial charge on any atom is 0.317 e. The van der Waals surface area contributed by atoms with Crippen molar-refractivity contribution < 1.29 is 19.5 Å². The van der Waals surface area contributed by atoms with Gasteiger partial charge in [-0.2, -0.15) is 0 Å². The van der Waals surface area contributed by atoms with E-state index in [-0.39, 0.29) is 25.0 Å². The van der Waals surface area contributed by atoms with Gasteiger partial charge in [0, 0.05) is 39.8 Å². The van der Waals surface area contributed by atoms with Gasteiger partial charge in [-0.3, -0.25) is 14.5 Å². The molecule has 0 unspecified atom stereocenters. The summed E-state index contributed by atoms with van der Waals surface area (Å²) in [4.78, 5) is 38.9. The molecule has 1 heterocycles. The van der Waals surface area contributed by atoms with Gasteiger partial charge in [-0.05, 0) is 6.92 Å². The Morgan fingerprint density at radius 3 is 2.30 bits per heavy atom. The molecule has 2 N–H and O–H groups in total. The van der Waals surface area contributed by atoms with E-state index in [4.69, 9.17) is 5.11 Å². The van der Waals surface area contributed by atoms with Crippen molar-refractivity contribution in [1.82, 2.24) is 20.0 Å². The monoisotopic (exact) mass is 286 g/mol. The Labute approximate surface area is 118 Å². The first-order valence-electron chi connectivity index (χ1n) is 6.65. The normalized spacial score (nSPS) is 15.8. The van der Waals surface area contributed by atoms with Crippen LogP contribution in [0.4, 0.5) is 4.79 Å². The highest BCUT2D eigenvalue weighted by molar-refractivity contribution is 5.83. The van der Waals surface area contributed by atoms with Crippen LogP contribution in [0.1, 0.15) is 6.92 Å². The lowest BCUT2D eigenvalue weighted by molar-refractivity contribution is -0.138. The number of carbonyl (C=O) groups excluding carboxylic acids is 2. The molecule has 20 heavy (non-hydrogen) atoms. The van der Waals surface area contributed by atoms with Crippen LogP contribution in [0.5, 0.6) is 0 Å². The van der Waals surface area contributed by atoms with E-state index in [1.165, 1.54) is 4.90 Å². The Morgan fingerprint density at radius 1 is 1.20 bits per heavy atom. The molecular weight excluding hydrogens is 264 g/mol. The number of nitrogens with zero attached hydrogens (tertiary/aromatic N) is 3. The average Bonchev–Trinajstić information content (AvgIpc) is 2.43. The zero-order chi connectivity index (χ0) is 15.1. The minimum atomic E-state index is -0.865. The minimum Gasteiger partial charge on any atom is -0.480 e. The fraction of sp³-hybridized carbons (Fsp3) is 0.750. The highest BCUT2D eigenvalue weighted by atomic mass is 16.4. The maximum absolute atomic E-state index is 11.9. The first-order chi connectivity index (χ1) is 9.43. The zero-order valence-corrected chi connectivity index (χ0v) is 12.0. The maximum atomic E-state index is 11.9. The molecule has 0 radical (unpaired) electrons. The van der Waals surface area contributed by atoms with Crippen LogP contribution in [0, 0.1) is 0 Å². The van der Waals surface area contributed by atoms with E-state index >= 15 is 0 Å². The van der Waals surface area contributed by atoms with Gasteiger partial charge in [0.2, 0.25) is 5.91 Å². The van der Waals surface area contributed by atoms with Crippen LogP contribution in [-0.4, -0.2) is 90.6 Å². The molecule has 0 aromatic rings. The van der Waals surface area contributed by atoms with Crippen molar-refractivity contribution in [3.63, 3.8) is 0 Å². The molecule has 3 amide bonds. The molecule has 0 aromatic heterocycles. The summed E-state index contributed by atoms with van der Waals surface area (Å²) in [6.45, 7) is 4.44. The van der Waals surface area contributed by atoms with Gasteiger partial charge < -0.3 is 20.2 Å². The largest absolute Gasteiger partial charge is 0.480 e. The summed E-state index contributed by atoms with van der Waals surface area (Å²) in [5.41, 5.74) is 0. The quantitative estimate of drug-likeness (QED) is 0.667. The lowest BCUT2D eigenvalue weighted by atomic mass is 10.3. The van der Waals surface area contributed by atoms with Gasteiger partial charge in [0.15, 0.2) is 0 Å². The molecule has 8 nitrogen and oxygen atoms in total. The molecule has 1 aliphatic rings. The number of piperazine rings is 1. The molecule has 0 spiro atoms. The van der Waals surface area contributed by atoms with Crippen LogP contribution < -0.4 is 5.32 Å². The van der Waals surface area contributed by atoms with Crippen LogP contribution in [-0.2, 0) is 9.59 Å². The summed E-state index contributed by atoms with van der Waals surface area (Å²) in [6.07, 6.45) is 0. The zero-order valence-electron chi connectivity index (χ0n) is 12.0. The predicted molar refractivity (Wildman–Crippen MR) is 72.4 cm³/mol. The van der Waals surface area contributed by atoms with Crippen molar-refractivity contribution in [2.45, 2.75) is 6.92 Å². The Hall–Kier alpha value is -1.83. The van der Waals surface area contributed by atoms with Gasteiger partial charge >= 0.3 is 12.0 Å². The molecule has 0 bridgehead atoms. The lowest BCUT2D eigenvalue weighted by Crippen LogP contribution is -2.53. The van der Waals surface area contributed by atoms with Crippen LogP contribution in [0.2, 0.25) is 0 Å². The third-order valence-corrected chi connectivity index (χ3v) is 3.31. The molecule has 0 aromatic carbocycles. The number of likely N-dealkylation sites (N-methyl/N-ethyl adjacent to an activating group) is 1. The molecule has 0 atom stereocenters. The van der Waals surface area contributed by atoms with E-state index in [1.54, 1.807) is 16.8 Å². The third kappa shape index (κ3) is 5.04. The number of amides is 3. The Balaban J connectivity index is 2.29. The van der Waals surface area contributed by atoms with Crippen LogP contribution in [0.3, 0.4) is 0 Å². The number of urea groups is 1. The van der Waals surface area contributed by atoms with E-state index in [2.05, 4.69) is 5.32 Å². The van der Waals surface area contributed by atoms with Crippen molar-refractivity contribution >= 4 is 17.9 Å². The van der Waals surface area contributed by atoms with E-state index in [1.807, 2.05) is 6.92 Å². The van der Waals surface area contributed by atoms with Crippen molar-refractivity contribution in [1.29, 1.82) is 0 Å². The van der Waals surface area contributed by atoms with Crippen LogP contribution in [0.15, 0.2) is 0 Å². The molecule has 1 aliphatic heterocycles. The number of nitrogens with one attached hydrogen (secondary N) is 1. The van der Waals surface area contributed by atoms with Crippen LogP contribution >= 0.6 is 0 Å². The van der Waals surface area contributed by atoms with Gasteiger partial charge in [-0.15, -0.1) is 0 Å². The number of hydrogen-bond donors (Lipinski definition) is 2. The third-order valence-electron chi connectivity index (χ3n) is 3.31. The van der Waals surface area contributed by atoms with Gasteiger partial charge in [-0.25, -0.2) is 4.79 Å². The molecular formula is C12H22N4O4. The van der Waals surface area contributed by atoms with E-state index in [0.29, 0.717) is 32.7 Å². The van der Waals surface area contributed by atoms with Crippen molar-refractivity contribution in [2.75, 3.05) is 52.9 Å². The van der Waals surface area contributed by atoms with E-state index in [0.717, 1.165) is 0 Å². The Morgan fingerprint density at radius 2 is 1.80 bits per heavy atom. The molecule has 1 saturated heterocycles.